The number of rotatable bonds is 4. The fourth-order valence-corrected chi connectivity index (χ4v) is 3.66. The molecule has 2 fully saturated rings. The first-order valence-electron chi connectivity index (χ1n) is 8.77. The lowest BCUT2D eigenvalue weighted by Gasteiger charge is -2.27. The number of hydrazine groups is 1. The molecule has 2 aromatic heterocycles. The van der Waals surface area contributed by atoms with Crippen LogP contribution in [0, 0.1) is 6.57 Å². The second-order valence-corrected chi connectivity index (χ2v) is 6.65. The summed E-state index contributed by atoms with van der Waals surface area (Å²) < 4.78 is 1.10. The normalized spacial score (nSPS) is 21.3. The Morgan fingerprint density at radius 2 is 2.15 bits per heavy atom. The maximum absolute atomic E-state index is 12.4. The maximum Gasteiger partial charge on any atom is 0.280 e. The Morgan fingerprint density at radius 3 is 2.92 bits per heavy atom. The molecule has 4 heterocycles. The minimum Gasteiger partial charge on any atom is -0.352 e. The molecule has 2 aliphatic rings. The molecular weight excluding hydrogens is 336 g/mol. The second kappa shape index (κ2) is 6.86. The van der Waals surface area contributed by atoms with Gasteiger partial charge in [0.15, 0.2) is 0 Å². The molecule has 26 heavy (non-hydrogen) atoms. The molecule has 0 spiro atoms. The van der Waals surface area contributed by atoms with Crippen molar-refractivity contribution in [3.63, 3.8) is 0 Å². The van der Waals surface area contributed by atoms with Gasteiger partial charge in [0.1, 0.15) is 6.33 Å². The molecule has 0 aliphatic carbocycles. The van der Waals surface area contributed by atoms with Gasteiger partial charge in [-0.05, 0) is 19.3 Å². The van der Waals surface area contributed by atoms with Crippen LogP contribution >= 0.6 is 0 Å². The summed E-state index contributed by atoms with van der Waals surface area (Å²) in [5, 5.41) is 10.3. The first-order chi connectivity index (χ1) is 12.7. The zero-order valence-corrected chi connectivity index (χ0v) is 14.3. The van der Waals surface area contributed by atoms with Gasteiger partial charge < -0.3 is 5.32 Å². The summed E-state index contributed by atoms with van der Waals surface area (Å²) in [5.74, 6) is -0.0683. The number of fused-ring (bicyclic) bond motifs is 1. The molecule has 0 bridgehead atoms. The Balaban J connectivity index is 1.43. The molecule has 0 radical (unpaired) electrons. The van der Waals surface area contributed by atoms with Gasteiger partial charge in [-0.3, -0.25) is 14.7 Å². The van der Waals surface area contributed by atoms with Gasteiger partial charge in [-0.1, -0.05) is 0 Å². The summed E-state index contributed by atoms with van der Waals surface area (Å²) in [7, 11) is 0. The van der Waals surface area contributed by atoms with Crippen LogP contribution in [0.25, 0.3) is 10.6 Å². The number of nitrogens with zero attached hydrogens (tertiary/aromatic N) is 6. The highest BCUT2D eigenvalue weighted by molar-refractivity contribution is 5.80. The maximum atomic E-state index is 12.4. The van der Waals surface area contributed by atoms with Crippen LogP contribution in [0.5, 0.6) is 0 Å². The van der Waals surface area contributed by atoms with Crippen LogP contribution in [-0.2, 0) is 11.2 Å². The van der Waals surface area contributed by atoms with Crippen LogP contribution in [0.3, 0.4) is 0 Å². The van der Waals surface area contributed by atoms with E-state index in [0.29, 0.717) is 0 Å². The average Bonchev–Trinajstić information content (AvgIpc) is 3.36. The largest absolute Gasteiger partial charge is 0.352 e. The van der Waals surface area contributed by atoms with Crippen LogP contribution in [0.15, 0.2) is 11.1 Å². The zero-order chi connectivity index (χ0) is 18.1. The van der Waals surface area contributed by atoms with Crippen molar-refractivity contribution in [3.05, 3.63) is 33.8 Å². The monoisotopic (exact) mass is 356 g/mol. The highest BCUT2D eigenvalue weighted by Gasteiger charge is 2.29. The van der Waals surface area contributed by atoms with Crippen LogP contribution in [-0.4, -0.2) is 67.7 Å². The molecule has 2 N–H and O–H groups in total. The third-order valence-corrected chi connectivity index (χ3v) is 4.94. The van der Waals surface area contributed by atoms with E-state index in [4.69, 9.17) is 6.57 Å². The van der Waals surface area contributed by atoms with Crippen LogP contribution in [0.4, 0.5) is 5.69 Å². The average molecular weight is 356 g/mol. The van der Waals surface area contributed by atoms with Gasteiger partial charge >= 0.3 is 0 Å². The molecule has 1 atom stereocenters. The summed E-state index contributed by atoms with van der Waals surface area (Å²) >= 11 is 0. The van der Waals surface area contributed by atoms with Crippen molar-refractivity contribution in [2.24, 2.45) is 0 Å². The lowest BCUT2D eigenvalue weighted by Crippen LogP contribution is -2.43. The van der Waals surface area contributed by atoms with Crippen molar-refractivity contribution in [1.82, 2.24) is 34.9 Å². The molecule has 0 aromatic carbocycles. The standard InChI is InChI=1S/C16H20N8O2/c1-17-14-12(21-16-18-10-19-24(16)15(14)26)8-13(25)20-11-4-7-23(9-11)22-5-2-3-6-22/h10-11H,2-9H2,(H,20,25)(H,18,19,21). The van der Waals surface area contributed by atoms with Gasteiger partial charge in [-0.25, -0.2) is 24.8 Å². The number of carbonyl (C=O) groups is 1. The van der Waals surface area contributed by atoms with Crippen molar-refractivity contribution < 1.29 is 4.79 Å². The Kier molecular flexibility index (Phi) is 4.40. The summed E-state index contributed by atoms with van der Waals surface area (Å²) in [5.41, 5.74) is -0.512. The van der Waals surface area contributed by atoms with Gasteiger partial charge in [0.25, 0.3) is 17.0 Å². The molecule has 10 heteroatoms. The molecule has 2 aliphatic heterocycles. The van der Waals surface area contributed by atoms with Crippen LogP contribution in [0.2, 0.25) is 0 Å². The van der Waals surface area contributed by atoms with E-state index in [1.807, 2.05) is 0 Å². The molecule has 2 saturated heterocycles. The van der Waals surface area contributed by atoms with Crippen molar-refractivity contribution in [3.8, 4) is 0 Å². The van der Waals surface area contributed by atoms with Gasteiger partial charge in [0.05, 0.1) is 18.7 Å². The van der Waals surface area contributed by atoms with E-state index < -0.39 is 5.56 Å². The summed E-state index contributed by atoms with van der Waals surface area (Å²) in [4.78, 5) is 36.1. The quantitative estimate of drug-likeness (QED) is 0.730. The fourth-order valence-electron chi connectivity index (χ4n) is 3.66. The molecule has 2 aromatic rings. The number of hydrogen-bond donors (Lipinski definition) is 2. The van der Waals surface area contributed by atoms with E-state index in [9.17, 15) is 9.59 Å². The van der Waals surface area contributed by atoms with E-state index in [2.05, 4.69) is 35.2 Å². The number of hydrogen-bond acceptors (Lipinski definition) is 6. The highest BCUT2D eigenvalue weighted by Crippen LogP contribution is 2.18. The van der Waals surface area contributed by atoms with Crippen molar-refractivity contribution in [2.75, 3.05) is 26.2 Å². The lowest BCUT2D eigenvalue weighted by molar-refractivity contribution is -0.121. The van der Waals surface area contributed by atoms with E-state index in [0.717, 1.165) is 37.1 Å². The van der Waals surface area contributed by atoms with Gasteiger partial charge in [0, 0.05) is 32.2 Å². The third kappa shape index (κ3) is 3.07. The Labute approximate surface area is 149 Å². The number of aromatic amines is 1. The number of amides is 1. The zero-order valence-electron chi connectivity index (χ0n) is 14.3. The fraction of sp³-hybridized carbons (Fsp3) is 0.562. The van der Waals surface area contributed by atoms with E-state index in [-0.39, 0.29) is 35.5 Å². The Morgan fingerprint density at radius 1 is 1.35 bits per heavy atom. The van der Waals surface area contributed by atoms with E-state index >= 15 is 0 Å². The lowest BCUT2D eigenvalue weighted by atomic mass is 10.2. The molecule has 1 amide bonds. The van der Waals surface area contributed by atoms with Crippen LogP contribution < -0.4 is 10.9 Å². The van der Waals surface area contributed by atoms with Crippen molar-refractivity contribution >= 4 is 17.4 Å². The summed E-state index contributed by atoms with van der Waals surface area (Å²) in [6.07, 6.45) is 4.57. The SMILES string of the molecule is [C-]#[N+]c1c(CC(=O)NC2CCN(N3CCCC3)C2)nc2nc[nH]n2c1=O. The summed E-state index contributed by atoms with van der Waals surface area (Å²) in [6, 6.07) is 0.0784. The minimum absolute atomic E-state index is 0.0784. The predicted octanol–water partition coefficient (Wildman–Crippen LogP) is -0.288. The number of aromatic nitrogens is 4. The molecule has 4 rings (SSSR count). The van der Waals surface area contributed by atoms with E-state index in [1.165, 1.54) is 19.2 Å². The van der Waals surface area contributed by atoms with E-state index in [1.54, 1.807) is 0 Å². The number of H-pyrrole nitrogens is 1. The number of carbonyl (C=O) groups excluding carboxylic acids is 1. The molecular formula is C16H20N8O2. The smallest absolute Gasteiger partial charge is 0.280 e. The van der Waals surface area contributed by atoms with Crippen molar-refractivity contribution in [1.29, 1.82) is 0 Å². The second-order valence-electron chi connectivity index (χ2n) is 6.65. The molecule has 10 nitrogen and oxygen atoms in total. The topological polar surface area (TPSA) is 103 Å². The number of nitrogens with one attached hydrogen (secondary N) is 2. The van der Waals surface area contributed by atoms with Gasteiger partial charge in [-0.15, -0.1) is 0 Å². The minimum atomic E-state index is -0.536. The predicted molar refractivity (Wildman–Crippen MR) is 92.5 cm³/mol. The first-order valence-corrected chi connectivity index (χ1v) is 8.77. The molecule has 136 valence electrons. The molecule has 1 unspecified atom stereocenters. The van der Waals surface area contributed by atoms with Crippen molar-refractivity contribution in [2.45, 2.75) is 31.7 Å². The highest BCUT2D eigenvalue weighted by atomic mass is 16.2. The van der Waals surface area contributed by atoms with Crippen LogP contribution in [0.1, 0.15) is 25.0 Å². The third-order valence-electron chi connectivity index (χ3n) is 4.94. The Hall–Kier alpha value is -2.77. The summed E-state index contributed by atoms with van der Waals surface area (Å²) in [6.45, 7) is 11.2. The van der Waals surface area contributed by atoms with Gasteiger partial charge in [-0.2, -0.15) is 4.52 Å². The van der Waals surface area contributed by atoms with Gasteiger partial charge in [0.2, 0.25) is 5.91 Å². The first kappa shape index (κ1) is 16.7. The Bertz CT molecular complexity index is 920. The molecule has 0 saturated carbocycles.